The number of esters is 1. The van der Waals surface area contributed by atoms with Crippen LogP contribution in [0.3, 0.4) is 0 Å². The van der Waals surface area contributed by atoms with E-state index in [1.165, 1.54) is 7.11 Å². The summed E-state index contributed by atoms with van der Waals surface area (Å²) in [6, 6.07) is 5.80. The van der Waals surface area contributed by atoms with Gasteiger partial charge in [0, 0.05) is 17.1 Å². The maximum absolute atomic E-state index is 13.9. The molecule has 9 nitrogen and oxygen atoms in total. The molecule has 2 aliphatic heterocycles. The molecule has 0 amide bonds. The summed E-state index contributed by atoms with van der Waals surface area (Å²) in [5.74, 6) is -3.01. The van der Waals surface area contributed by atoms with Crippen molar-refractivity contribution in [2.45, 2.75) is 52.4 Å². The first-order chi connectivity index (χ1) is 21.0. The predicted molar refractivity (Wildman–Crippen MR) is 169 cm³/mol. The largest absolute Gasteiger partial charge is 2.00 e. The minimum Gasteiger partial charge on any atom is -0.871 e. The number of nitrogens with zero attached hydrogens (tertiary/aromatic N) is 2. The summed E-state index contributed by atoms with van der Waals surface area (Å²) < 4.78 is 5.07. The molecule has 3 aromatic rings. The van der Waals surface area contributed by atoms with Gasteiger partial charge in [-0.15, -0.1) is 22.1 Å². The van der Waals surface area contributed by atoms with E-state index in [-0.39, 0.29) is 53.3 Å². The van der Waals surface area contributed by atoms with E-state index in [1.807, 2.05) is 39.0 Å². The van der Waals surface area contributed by atoms with Gasteiger partial charge in [-0.25, -0.2) is 14.8 Å². The molecular formula is C35H32MgN4O5. The number of carbonyl (C=O) groups is 2. The minimum atomic E-state index is -1.18. The van der Waals surface area contributed by atoms with Gasteiger partial charge < -0.3 is 29.7 Å². The first-order valence-electron chi connectivity index (χ1n) is 14.4. The Morgan fingerprint density at radius 3 is 2.31 bits per heavy atom. The van der Waals surface area contributed by atoms with E-state index in [0.29, 0.717) is 33.4 Å². The van der Waals surface area contributed by atoms with E-state index in [4.69, 9.17) is 14.7 Å². The first kappa shape index (κ1) is 32.0. The van der Waals surface area contributed by atoms with E-state index >= 15 is 0 Å². The van der Waals surface area contributed by atoms with E-state index < -0.39 is 17.7 Å². The molecule has 2 atom stereocenters. The number of allylic oxidation sites excluding steroid dienone is 3. The fourth-order valence-electron chi connectivity index (χ4n) is 6.70. The number of fused-ring (bicyclic) bond motifs is 8. The van der Waals surface area contributed by atoms with Crippen molar-refractivity contribution < 1.29 is 34.5 Å². The number of methoxy groups -OCH3 is 1. The Labute approximate surface area is 276 Å². The summed E-state index contributed by atoms with van der Waals surface area (Å²) in [7, 11) is 1.23. The maximum atomic E-state index is 13.9. The molecule has 3 aromatic heterocycles. The van der Waals surface area contributed by atoms with Crippen molar-refractivity contribution in [3.63, 3.8) is 0 Å². The van der Waals surface area contributed by atoms with Crippen LogP contribution in [0.5, 0.6) is 0 Å². The third kappa shape index (κ3) is 4.92. The molecule has 8 bridgehead atoms. The molecule has 0 radical (unpaired) electrons. The van der Waals surface area contributed by atoms with Gasteiger partial charge in [0.25, 0.3) is 0 Å². The molecule has 10 heteroatoms. The van der Waals surface area contributed by atoms with Crippen LogP contribution in [0.2, 0.25) is 0 Å². The van der Waals surface area contributed by atoms with E-state index in [1.54, 1.807) is 19.1 Å². The van der Waals surface area contributed by atoms with Crippen LogP contribution in [0, 0.1) is 13.8 Å². The van der Waals surface area contributed by atoms with Gasteiger partial charge in [-0.1, -0.05) is 49.1 Å². The Morgan fingerprint density at radius 1 is 0.978 bits per heavy atom. The van der Waals surface area contributed by atoms with Crippen LogP contribution in [-0.2, 0) is 14.3 Å². The number of aromatic amines is 2. The Morgan fingerprint density at radius 2 is 1.67 bits per heavy atom. The number of nitrogens with one attached hydrogen (secondary N) is 2. The summed E-state index contributed by atoms with van der Waals surface area (Å²) >= 11 is 0. The standard InChI is InChI=1S/C35H34N4O5.Mg/c1-8-19-15(3)22-12-24-17(5)21(10-11-28(40)41)32(38-24)30-31(35(43)44-7)34(42)29-18(6)25(39-33(29)30)14-27-20(9-2)16(4)23(37-27)13-26(19)36-22;/h8-9,12-14,17,21H,1-2,10-11H2,3-7H3,(H4,36,37,38,39,40,41,42,43);/q;+2/p-2/t17-,21-;/m0./s1. The number of aromatic nitrogens is 4. The Hall–Kier alpha value is -4.41. The smallest absolute Gasteiger partial charge is 0.871 e. The maximum Gasteiger partial charge on any atom is 2.00 e. The molecule has 3 aliphatic rings. The molecule has 2 N–H and O–H groups in total. The third-order valence-electron chi connectivity index (χ3n) is 9.17. The second kappa shape index (κ2) is 11.8. The molecule has 0 saturated carbocycles. The van der Waals surface area contributed by atoms with Crippen LogP contribution < -0.4 is 30.1 Å². The molecule has 6 rings (SSSR count). The summed E-state index contributed by atoms with van der Waals surface area (Å²) in [4.78, 5) is 41.6. The van der Waals surface area contributed by atoms with Crippen molar-refractivity contribution in [2.24, 2.45) is 0 Å². The normalized spacial score (nSPS) is 16.9. The van der Waals surface area contributed by atoms with E-state index in [9.17, 15) is 19.8 Å². The van der Waals surface area contributed by atoms with Crippen LogP contribution in [-0.4, -0.2) is 42.1 Å². The quantitative estimate of drug-likeness (QED) is 0.307. The molecular weight excluding hydrogens is 581 g/mol. The molecule has 0 saturated heterocycles. The fourth-order valence-corrected chi connectivity index (χ4v) is 6.70. The second-order valence-corrected chi connectivity index (χ2v) is 11.5. The number of aryl methyl sites for hydroxylation is 2. The minimum absolute atomic E-state index is 0. The zero-order chi connectivity index (χ0) is 31.6. The number of hydrogen-bond acceptors (Lipinski definition) is 5. The fraction of sp³-hybridized carbons (Fsp3) is 0.257. The van der Waals surface area contributed by atoms with Gasteiger partial charge in [0.1, 0.15) is 0 Å². The Bertz CT molecular complexity index is 2060. The van der Waals surface area contributed by atoms with E-state index in [0.717, 1.165) is 50.4 Å². The molecule has 0 aromatic carbocycles. The molecule has 224 valence electrons. The molecule has 1 aliphatic carbocycles. The zero-order valence-corrected chi connectivity index (χ0v) is 27.4. The van der Waals surface area contributed by atoms with Crippen LogP contribution in [0.1, 0.15) is 89.1 Å². The molecule has 0 spiro atoms. The molecule has 5 heterocycles. The average molecular weight is 613 g/mol. The first-order valence-corrected chi connectivity index (χ1v) is 14.4. The Kier molecular flexibility index (Phi) is 8.41. The van der Waals surface area contributed by atoms with Gasteiger partial charge in [-0.3, -0.25) is 0 Å². The molecule has 45 heavy (non-hydrogen) atoms. The number of H-pyrrole nitrogens is 2. The van der Waals surface area contributed by atoms with Gasteiger partial charge in [0.15, 0.2) is 11.4 Å². The summed E-state index contributed by atoms with van der Waals surface area (Å²) in [6.07, 6.45) is 3.58. The number of rotatable bonds is 6. The zero-order valence-electron chi connectivity index (χ0n) is 26.0. The predicted octanol–water partition coefficient (Wildman–Crippen LogP) is 2.54. The second-order valence-electron chi connectivity index (χ2n) is 11.5. The van der Waals surface area contributed by atoms with Crippen LogP contribution >= 0.6 is 0 Å². The van der Waals surface area contributed by atoms with Gasteiger partial charge in [-0.2, -0.15) is 0 Å². The number of aliphatic carboxylic acids is 1. The van der Waals surface area contributed by atoms with Crippen molar-refractivity contribution in [2.75, 3.05) is 7.11 Å². The summed E-state index contributed by atoms with van der Waals surface area (Å²) in [6.45, 7) is 15.8. The number of carbonyl (C=O) groups excluding carboxylic acids is 2. The number of hydrogen-bond donors (Lipinski definition) is 0. The summed E-state index contributed by atoms with van der Waals surface area (Å²) in [5.41, 5.74) is 10.2. The third-order valence-corrected chi connectivity index (χ3v) is 9.17. The van der Waals surface area contributed by atoms with Crippen molar-refractivity contribution >= 4 is 85.6 Å². The van der Waals surface area contributed by atoms with Gasteiger partial charge in [-0.05, 0) is 62.9 Å². The van der Waals surface area contributed by atoms with Crippen LogP contribution in [0.15, 0.2) is 37.4 Å². The van der Waals surface area contributed by atoms with Gasteiger partial charge in [0.05, 0.1) is 30.1 Å². The average Bonchev–Trinajstić information content (AvgIpc) is 3.72. The van der Waals surface area contributed by atoms with Crippen LogP contribution in [0.25, 0.3) is 50.6 Å². The van der Waals surface area contributed by atoms with Crippen LogP contribution in [0.4, 0.5) is 0 Å². The molecule has 0 unspecified atom stereocenters. The van der Waals surface area contributed by atoms with Gasteiger partial charge >= 0.3 is 29.0 Å². The van der Waals surface area contributed by atoms with Crippen molar-refractivity contribution in [1.82, 2.24) is 9.97 Å². The number of ether oxygens (including phenoxy) is 1. The number of carboxylic acid groups (broad SMARTS) is 1. The summed E-state index contributed by atoms with van der Waals surface area (Å²) in [5, 5.41) is 25.5. The Balaban J connectivity index is 0.00000400. The number of carboxylic acids is 1. The van der Waals surface area contributed by atoms with E-state index in [2.05, 4.69) is 23.1 Å². The van der Waals surface area contributed by atoms with Crippen molar-refractivity contribution in [3.05, 3.63) is 88.0 Å². The molecule has 0 fully saturated rings. The van der Waals surface area contributed by atoms with Crippen molar-refractivity contribution in [3.8, 4) is 0 Å². The van der Waals surface area contributed by atoms with Gasteiger partial charge in [0.2, 0.25) is 11.4 Å². The topological polar surface area (TPSA) is 146 Å². The van der Waals surface area contributed by atoms with Crippen molar-refractivity contribution in [1.29, 1.82) is 0 Å². The SMILES string of the molecule is C=CC1=C(C)c2cc3[n-]c(cc4[nH+]c(c5c6[n-]c(cc1[nH+]2)c(C)c6C([O-])=C5C(=O)OC)[C@@H](CCC(=O)[O-])[C@@H]4C)c(C)c3C=C.[Mg+2]. The monoisotopic (exact) mass is 612 g/mol.